The molecule has 0 bridgehead atoms. The summed E-state index contributed by atoms with van der Waals surface area (Å²) in [7, 11) is 1.69. The van der Waals surface area contributed by atoms with Crippen LogP contribution in [-0.2, 0) is 6.54 Å². The van der Waals surface area contributed by atoms with Gasteiger partial charge in [0, 0.05) is 13.1 Å². The molecule has 154 valence electrons. The summed E-state index contributed by atoms with van der Waals surface area (Å²) in [5.74, 6) is 2.77. The largest absolute Gasteiger partial charge is 0.497 e. The molecular weight excluding hydrogens is 384 g/mol. The van der Waals surface area contributed by atoms with Gasteiger partial charge in [-0.3, -0.25) is 0 Å². The third kappa shape index (κ3) is 6.09. The third-order valence-electron chi connectivity index (χ3n) is 4.58. The van der Waals surface area contributed by atoms with Crippen molar-refractivity contribution in [1.29, 1.82) is 0 Å². The number of hydrogen-bond acceptors (Lipinski definition) is 5. The van der Waals surface area contributed by atoms with Gasteiger partial charge in [0.05, 0.1) is 18.5 Å². The third-order valence-corrected chi connectivity index (χ3v) is 5.44. The number of oxazole rings is 1. The highest BCUT2D eigenvalue weighted by Crippen LogP contribution is 2.24. The van der Waals surface area contributed by atoms with Crippen molar-refractivity contribution in [2.45, 2.75) is 32.7 Å². The number of thiophene rings is 1. The van der Waals surface area contributed by atoms with Crippen molar-refractivity contribution in [2.24, 2.45) is 4.99 Å². The van der Waals surface area contributed by atoms with Gasteiger partial charge in [0.2, 0.25) is 5.89 Å². The van der Waals surface area contributed by atoms with Crippen LogP contribution in [0.15, 0.2) is 57.5 Å². The zero-order chi connectivity index (χ0) is 20.5. The lowest BCUT2D eigenvalue weighted by Gasteiger charge is -2.15. The van der Waals surface area contributed by atoms with E-state index in [9.17, 15) is 0 Å². The number of aromatic nitrogens is 1. The second-order valence-electron chi connectivity index (χ2n) is 6.71. The van der Waals surface area contributed by atoms with Crippen molar-refractivity contribution in [3.05, 3.63) is 59.3 Å². The summed E-state index contributed by atoms with van der Waals surface area (Å²) in [5.41, 5.74) is 2.12. The van der Waals surface area contributed by atoms with Crippen LogP contribution in [0.3, 0.4) is 0 Å². The molecule has 0 aliphatic heterocycles. The lowest BCUT2D eigenvalue weighted by Crippen LogP contribution is -2.38. The molecule has 3 aromatic rings. The van der Waals surface area contributed by atoms with Gasteiger partial charge in [-0.1, -0.05) is 25.1 Å². The number of ether oxygens (including phenoxy) is 1. The van der Waals surface area contributed by atoms with E-state index >= 15 is 0 Å². The van der Waals surface area contributed by atoms with Crippen LogP contribution in [0.5, 0.6) is 5.75 Å². The molecule has 2 N–H and O–H groups in total. The number of methoxy groups -OCH3 is 1. The Bertz CT molecular complexity index is 888. The van der Waals surface area contributed by atoms with Crippen molar-refractivity contribution >= 4 is 17.3 Å². The second kappa shape index (κ2) is 10.7. The van der Waals surface area contributed by atoms with Gasteiger partial charge in [-0.15, -0.1) is 11.3 Å². The minimum atomic E-state index is 0.445. The highest BCUT2D eigenvalue weighted by molar-refractivity contribution is 7.13. The zero-order valence-corrected chi connectivity index (χ0v) is 18.0. The maximum absolute atomic E-state index is 5.56. The van der Waals surface area contributed by atoms with E-state index in [0.717, 1.165) is 41.8 Å². The van der Waals surface area contributed by atoms with Crippen molar-refractivity contribution in [1.82, 2.24) is 15.6 Å². The van der Waals surface area contributed by atoms with Crippen LogP contribution in [0.2, 0.25) is 0 Å². The highest BCUT2D eigenvalue weighted by atomic mass is 32.1. The van der Waals surface area contributed by atoms with Gasteiger partial charge in [-0.25, -0.2) is 9.98 Å². The number of aliphatic imine (C=N–C) groups is 1. The molecule has 7 heteroatoms. The molecule has 0 amide bonds. The zero-order valence-electron chi connectivity index (χ0n) is 17.1. The minimum absolute atomic E-state index is 0.445. The second-order valence-corrected chi connectivity index (χ2v) is 7.65. The van der Waals surface area contributed by atoms with Crippen LogP contribution in [0.4, 0.5) is 0 Å². The fourth-order valence-corrected chi connectivity index (χ4v) is 3.56. The summed E-state index contributed by atoms with van der Waals surface area (Å²) < 4.78 is 10.8. The molecule has 3 rings (SSSR count). The number of rotatable bonds is 9. The van der Waals surface area contributed by atoms with Crippen molar-refractivity contribution in [3.8, 4) is 16.5 Å². The summed E-state index contributed by atoms with van der Waals surface area (Å²) in [6.45, 7) is 6.40. The molecule has 1 unspecified atom stereocenters. The van der Waals surface area contributed by atoms with Gasteiger partial charge < -0.3 is 19.8 Å². The Kier molecular flexibility index (Phi) is 7.69. The van der Waals surface area contributed by atoms with Crippen LogP contribution < -0.4 is 15.4 Å². The van der Waals surface area contributed by atoms with Crippen LogP contribution in [-0.4, -0.2) is 31.1 Å². The molecule has 0 spiro atoms. The SMILES string of the molecule is CCNC(=NCc1coc(-c2cccs2)n1)NCCC(C)c1ccc(OC)cc1. The molecule has 0 radical (unpaired) electrons. The number of hydrogen-bond donors (Lipinski definition) is 2. The Labute approximate surface area is 176 Å². The lowest BCUT2D eigenvalue weighted by molar-refractivity contribution is 0.414. The molecule has 0 saturated carbocycles. The van der Waals surface area contributed by atoms with Crippen LogP contribution in [0.25, 0.3) is 10.8 Å². The molecule has 1 atom stereocenters. The molecule has 0 aliphatic carbocycles. The highest BCUT2D eigenvalue weighted by Gasteiger charge is 2.09. The van der Waals surface area contributed by atoms with Crippen LogP contribution in [0.1, 0.15) is 37.4 Å². The Morgan fingerprint density at radius 2 is 2.07 bits per heavy atom. The van der Waals surface area contributed by atoms with E-state index in [2.05, 4.69) is 46.6 Å². The maximum atomic E-state index is 5.56. The van der Waals surface area contributed by atoms with Crippen LogP contribution >= 0.6 is 11.3 Å². The van der Waals surface area contributed by atoms with Crippen molar-refractivity contribution in [2.75, 3.05) is 20.2 Å². The standard InChI is InChI=1S/C22H28N4O2S/c1-4-23-22(24-12-11-16(2)17-7-9-19(27-3)10-8-17)25-14-18-15-28-21(26-18)20-6-5-13-29-20/h5-10,13,15-16H,4,11-12,14H2,1-3H3,(H2,23,24,25). The molecule has 0 aliphatic rings. The Morgan fingerprint density at radius 3 is 2.76 bits per heavy atom. The smallest absolute Gasteiger partial charge is 0.236 e. The molecule has 2 aromatic heterocycles. The first-order valence-electron chi connectivity index (χ1n) is 9.84. The van der Waals surface area contributed by atoms with Crippen LogP contribution in [0, 0.1) is 0 Å². The van der Waals surface area contributed by atoms with Gasteiger partial charge in [0.15, 0.2) is 5.96 Å². The first-order chi connectivity index (χ1) is 14.2. The van der Waals surface area contributed by atoms with Gasteiger partial charge >= 0.3 is 0 Å². The normalized spacial score (nSPS) is 12.6. The maximum Gasteiger partial charge on any atom is 0.236 e. The predicted molar refractivity (Wildman–Crippen MR) is 119 cm³/mol. The number of benzene rings is 1. The fraction of sp³-hybridized carbons (Fsp3) is 0.364. The van der Waals surface area contributed by atoms with E-state index < -0.39 is 0 Å². The monoisotopic (exact) mass is 412 g/mol. The summed E-state index contributed by atoms with van der Waals surface area (Å²) in [4.78, 5) is 10.2. The van der Waals surface area contributed by atoms with E-state index in [1.165, 1.54) is 5.56 Å². The molecule has 6 nitrogen and oxygen atoms in total. The molecule has 0 fully saturated rings. The topological polar surface area (TPSA) is 71.7 Å². The molecule has 0 saturated heterocycles. The van der Waals surface area contributed by atoms with E-state index in [-0.39, 0.29) is 0 Å². The van der Waals surface area contributed by atoms with E-state index in [4.69, 9.17) is 9.15 Å². The van der Waals surface area contributed by atoms with Gasteiger partial charge in [0.25, 0.3) is 0 Å². The number of nitrogens with zero attached hydrogens (tertiary/aromatic N) is 2. The van der Waals surface area contributed by atoms with Gasteiger partial charge in [-0.05, 0) is 48.4 Å². The van der Waals surface area contributed by atoms with E-state index in [1.54, 1.807) is 24.7 Å². The fourth-order valence-electron chi connectivity index (χ4n) is 2.90. The Morgan fingerprint density at radius 1 is 1.24 bits per heavy atom. The summed E-state index contributed by atoms with van der Waals surface area (Å²) in [6, 6.07) is 12.2. The minimum Gasteiger partial charge on any atom is -0.497 e. The quantitative estimate of drug-likeness (QED) is 0.395. The lowest BCUT2D eigenvalue weighted by atomic mass is 9.98. The first-order valence-corrected chi connectivity index (χ1v) is 10.7. The molecule has 2 heterocycles. The first kappa shape index (κ1) is 20.9. The van der Waals surface area contributed by atoms with E-state index in [0.29, 0.717) is 18.4 Å². The van der Waals surface area contributed by atoms with Crippen molar-refractivity contribution in [3.63, 3.8) is 0 Å². The van der Waals surface area contributed by atoms with Gasteiger partial charge in [-0.2, -0.15) is 0 Å². The molecular formula is C22H28N4O2S. The predicted octanol–water partition coefficient (Wildman–Crippen LogP) is 4.66. The number of nitrogens with one attached hydrogen (secondary N) is 2. The molecule has 1 aromatic carbocycles. The Hall–Kier alpha value is -2.80. The van der Waals surface area contributed by atoms with Crippen molar-refractivity contribution < 1.29 is 9.15 Å². The number of guanidine groups is 1. The summed E-state index contributed by atoms with van der Waals surface area (Å²) in [5, 5.41) is 8.70. The average molecular weight is 413 g/mol. The molecule has 29 heavy (non-hydrogen) atoms. The summed E-state index contributed by atoms with van der Waals surface area (Å²) in [6.07, 6.45) is 2.68. The average Bonchev–Trinajstić information content (AvgIpc) is 3.43. The van der Waals surface area contributed by atoms with Gasteiger partial charge in [0.1, 0.15) is 17.7 Å². The Balaban J connectivity index is 1.51. The van der Waals surface area contributed by atoms with E-state index in [1.807, 2.05) is 29.6 Å². The summed E-state index contributed by atoms with van der Waals surface area (Å²) >= 11 is 1.61.